The summed E-state index contributed by atoms with van der Waals surface area (Å²) in [7, 11) is -1.53. The summed E-state index contributed by atoms with van der Waals surface area (Å²) in [5.74, 6) is -0.429. The second-order valence-corrected chi connectivity index (χ2v) is 12.0. The van der Waals surface area contributed by atoms with Gasteiger partial charge in [-0.2, -0.15) is 0 Å². The molecule has 0 saturated carbocycles. The van der Waals surface area contributed by atoms with Crippen LogP contribution in [0, 0.1) is 5.82 Å². The van der Waals surface area contributed by atoms with Gasteiger partial charge in [-0.3, -0.25) is 13.9 Å². The van der Waals surface area contributed by atoms with Crippen LogP contribution in [0.25, 0.3) is 0 Å². The quantitative estimate of drug-likeness (QED) is 0.258. The van der Waals surface area contributed by atoms with Gasteiger partial charge in [-0.05, 0) is 81.3 Å². The predicted molar refractivity (Wildman–Crippen MR) is 166 cm³/mol. The molecule has 0 radical (unpaired) electrons. The Morgan fingerprint density at radius 3 is 2.11 bits per heavy atom. The zero-order chi connectivity index (χ0) is 32.4. The summed E-state index contributed by atoms with van der Waals surface area (Å²) in [5.41, 5.74) is 0.772. The van der Waals surface area contributed by atoms with E-state index in [1.165, 1.54) is 61.6 Å². The number of carbonyl (C=O) groups is 2. The summed E-state index contributed by atoms with van der Waals surface area (Å²) in [6.45, 7) is 6.90. The molecule has 0 aliphatic carbocycles. The lowest BCUT2D eigenvalue weighted by Crippen LogP contribution is -2.52. The van der Waals surface area contributed by atoms with Gasteiger partial charge < -0.3 is 24.4 Å². The van der Waals surface area contributed by atoms with Gasteiger partial charge in [0.15, 0.2) is 11.5 Å². The maximum atomic E-state index is 14.2. The number of halogens is 1. The van der Waals surface area contributed by atoms with Crippen molar-refractivity contribution in [1.29, 1.82) is 0 Å². The van der Waals surface area contributed by atoms with Crippen molar-refractivity contribution in [2.24, 2.45) is 0 Å². The first-order chi connectivity index (χ1) is 20.9. The number of nitrogens with zero attached hydrogens (tertiary/aromatic N) is 2. The van der Waals surface area contributed by atoms with E-state index in [1.807, 2.05) is 20.8 Å². The average Bonchev–Trinajstić information content (AvgIpc) is 3.02. The molecule has 2 atom stereocenters. The molecule has 1 N–H and O–H groups in total. The zero-order valence-electron chi connectivity index (χ0n) is 25.9. The topological polar surface area (TPSA) is 114 Å². The Kier molecular flexibility index (Phi) is 12.0. The number of amides is 2. The van der Waals surface area contributed by atoms with Crippen molar-refractivity contribution in [3.8, 4) is 17.2 Å². The van der Waals surface area contributed by atoms with Crippen LogP contribution >= 0.6 is 0 Å². The highest BCUT2D eigenvalue weighted by Gasteiger charge is 2.33. The second-order valence-electron chi connectivity index (χ2n) is 10.1. The molecule has 44 heavy (non-hydrogen) atoms. The molecule has 0 aliphatic rings. The van der Waals surface area contributed by atoms with E-state index in [1.54, 1.807) is 31.2 Å². The minimum absolute atomic E-state index is 0.0538. The van der Waals surface area contributed by atoms with Crippen molar-refractivity contribution in [3.05, 3.63) is 78.1 Å². The van der Waals surface area contributed by atoms with Gasteiger partial charge in [0.1, 0.15) is 24.2 Å². The number of sulfonamides is 1. The normalized spacial score (nSPS) is 12.5. The van der Waals surface area contributed by atoms with E-state index < -0.39 is 40.2 Å². The average molecular weight is 630 g/mol. The molecule has 0 saturated heterocycles. The lowest BCUT2D eigenvalue weighted by Gasteiger charge is -2.32. The molecule has 0 spiro atoms. The zero-order valence-corrected chi connectivity index (χ0v) is 26.7. The van der Waals surface area contributed by atoms with Crippen LogP contribution in [0.1, 0.15) is 39.7 Å². The molecule has 0 bridgehead atoms. The van der Waals surface area contributed by atoms with Gasteiger partial charge in [0.2, 0.25) is 11.8 Å². The number of rotatable bonds is 15. The highest BCUT2D eigenvalue weighted by molar-refractivity contribution is 7.92. The van der Waals surface area contributed by atoms with E-state index in [0.29, 0.717) is 30.1 Å². The Bertz CT molecular complexity index is 1520. The van der Waals surface area contributed by atoms with Crippen molar-refractivity contribution < 1.29 is 36.6 Å². The molecular formula is C32H40FN3O7S. The molecule has 0 aromatic heterocycles. The number of anilines is 1. The van der Waals surface area contributed by atoms with Crippen molar-refractivity contribution in [1.82, 2.24) is 10.2 Å². The number of hydrogen-bond donors (Lipinski definition) is 1. The minimum atomic E-state index is -4.35. The lowest BCUT2D eigenvalue weighted by atomic mass is 10.1. The maximum absolute atomic E-state index is 14.2. The first kappa shape index (κ1) is 34.2. The fourth-order valence-electron chi connectivity index (χ4n) is 4.34. The van der Waals surface area contributed by atoms with Crippen LogP contribution in [-0.4, -0.2) is 64.6 Å². The Morgan fingerprint density at radius 2 is 1.55 bits per heavy atom. The van der Waals surface area contributed by atoms with Crippen LogP contribution in [0.5, 0.6) is 17.2 Å². The SMILES string of the molecule is CCOc1ccc(N(CC(=O)N(Cc2ccc(F)cc2)C(C)C(=O)NC(C)CC)S(=O)(=O)c2ccc(OC)c(OC)c2)cc1. The van der Waals surface area contributed by atoms with Crippen LogP contribution < -0.4 is 23.8 Å². The predicted octanol–water partition coefficient (Wildman–Crippen LogP) is 4.77. The van der Waals surface area contributed by atoms with Gasteiger partial charge in [-0.15, -0.1) is 0 Å². The molecule has 3 aromatic carbocycles. The van der Waals surface area contributed by atoms with E-state index in [-0.39, 0.29) is 28.9 Å². The molecule has 2 amide bonds. The maximum Gasteiger partial charge on any atom is 0.264 e. The van der Waals surface area contributed by atoms with Gasteiger partial charge in [0.05, 0.1) is 31.4 Å². The monoisotopic (exact) mass is 629 g/mol. The van der Waals surface area contributed by atoms with Gasteiger partial charge in [0.25, 0.3) is 10.0 Å². The standard InChI is InChI=1S/C32H40FN3O7S/c1-7-22(3)34-32(38)23(4)35(20-24-9-11-25(33)12-10-24)31(37)21-36(26-13-15-27(16-14-26)43-8-2)44(39,40)28-17-18-29(41-5)30(19-28)42-6/h9-19,22-23H,7-8,20-21H2,1-6H3,(H,34,38). The summed E-state index contributed by atoms with van der Waals surface area (Å²) >= 11 is 0. The van der Waals surface area contributed by atoms with Crippen LogP contribution in [-0.2, 0) is 26.2 Å². The van der Waals surface area contributed by atoms with E-state index in [9.17, 15) is 22.4 Å². The number of carbonyl (C=O) groups excluding carboxylic acids is 2. The van der Waals surface area contributed by atoms with Crippen molar-refractivity contribution in [3.63, 3.8) is 0 Å². The summed E-state index contributed by atoms with van der Waals surface area (Å²) in [5, 5.41) is 2.88. The van der Waals surface area contributed by atoms with E-state index in [4.69, 9.17) is 14.2 Å². The first-order valence-electron chi connectivity index (χ1n) is 14.3. The van der Waals surface area contributed by atoms with E-state index in [2.05, 4.69) is 5.32 Å². The molecule has 3 aromatic rings. The number of nitrogens with one attached hydrogen (secondary N) is 1. The largest absolute Gasteiger partial charge is 0.494 e. The molecule has 12 heteroatoms. The minimum Gasteiger partial charge on any atom is -0.494 e. The summed E-state index contributed by atoms with van der Waals surface area (Å²) in [6.07, 6.45) is 0.680. The molecular weight excluding hydrogens is 589 g/mol. The molecule has 10 nitrogen and oxygen atoms in total. The highest BCUT2D eigenvalue weighted by Crippen LogP contribution is 2.33. The van der Waals surface area contributed by atoms with Crippen LogP contribution in [0.15, 0.2) is 71.6 Å². The van der Waals surface area contributed by atoms with Gasteiger partial charge in [0, 0.05) is 18.7 Å². The number of benzene rings is 3. The van der Waals surface area contributed by atoms with Gasteiger partial charge >= 0.3 is 0 Å². The molecule has 3 rings (SSSR count). The summed E-state index contributed by atoms with van der Waals surface area (Å²) < 4.78 is 59.0. The Balaban J connectivity index is 2.07. The lowest BCUT2D eigenvalue weighted by molar-refractivity contribution is -0.139. The number of ether oxygens (including phenoxy) is 3. The first-order valence-corrected chi connectivity index (χ1v) is 15.7. The summed E-state index contributed by atoms with van der Waals surface area (Å²) in [6, 6.07) is 14.9. The van der Waals surface area contributed by atoms with Crippen molar-refractivity contribution in [2.75, 3.05) is 31.7 Å². The molecule has 0 fully saturated rings. The number of hydrogen-bond acceptors (Lipinski definition) is 7. The van der Waals surface area contributed by atoms with Gasteiger partial charge in [-0.1, -0.05) is 19.1 Å². The summed E-state index contributed by atoms with van der Waals surface area (Å²) in [4.78, 5) is 28.4. The molecule has 0 aliphatic heterocycles. The van der Waals surface area contributed by atoms with Gasteiger partial charge in [-0.25, -0.2) is 12.8 Å². The Labute approximate surface area is 258 Å². The highest BCUT2D eigenvalue weighted by atomic mass is 32.2. The van der Waals surface area contributed by atoms with Crippen LogP contribution in [0.4, 0.5) is 10.1 Å². The third-order valence-corrected chi connectivity index (χ3v) is 8.86. The fourth-order valence-corrected chi connectivity index (χ4v) is 5.77. The van der Waals surface area contributed by atoms with E-state index in [0.717, 1.165) is 4.31 Å². The van der Waals surface area contributed by atoms with Crippen molar-refractivity contribution in [2.45, 2.75) is 57.6 Å². The molecule has 238 valence electrons. The Morgan fingerprint density at radius 1 is 0.909 bits per heavy atom. The van der Waals surface area contributed by atoms with E-state index >= 15 is 0 Å². The third-order valence-electron chi connectivity index (χ3n) is 7.09. The second kappa shape index (κ2) is 15.4. The smallest absolute Gasteiger partial charge is 0.264 e. The molecule has 0 heterocycles. The van der Waals surface area contributed by atoms with Crippen LogP contribution in [0.3, 0.4) is 0 Å². The van der Waals surface area contributed by atoms with Crippen molar-refractivity contribution >= 4 is 27.5 Å². The number of methoxy groups -OCH3 is 2. The fraction of sp³-hybridized carbons (Fsp3) is 0.375. The Hall–Kier alpha value is -4.32. The van der Waals surface area contributed by atoms with Crippen LogP contribution in [0.2, 0.25) is 0 Å². The third kappa shape index (κ3) is 8.40. The molecule has 2 unspecified atom stereocenters.